The standard InChI is InChI=1S/C20H30N2O5S2/c1-15-5-7-17(8-6-15)29(26,27)22-12-4-11-21-28(24,25)14-20-10-9-16(13-18(20)23)19(20,2)3/h5-8,16,21-22H,4,9-14H2,1-3H3/t16-,20-/m1/s1. The summed E-state index contributed by atoms with van der Waals surface area (Å²) < 4.78 is 54.7. The molecule has 1 aromatic rings. The van der Waals surface area contributed by atoms with Crippen molar-refractivity contribution in [3.05, 3.63) is 29.8 Å². The normalized spacial score (nSPS) is 26.2. The van der Waals surface area contributed by atoms with E-state index in [1.807, 2.05) is 20.8 Å². The minimum absolute atomic E-state index is 0.0648. The van der Waals surface area contributed by atoms with Gasteiger partial charge in [0.1, 0.15) is 5.78 Å². The number of sulfonamides is 2. The molecule has 0 aliphatic heterocycles. The molecule has 0 aromatic heterocycles. The van der Waals surface area contributed by atoms with Gasteiger partial charge in [-0.1, -0.05) is 31.5 Å². The molecule has 2 fully saturated rings. The summed E-state index contributed by atoms with van der Waals surface area (Å²) >= 11 is 0. The SMILES string of the molecule is Cc1ccc(S(=O)(=O)NCCCNS(=O)(=O)C[C@]23CC[C@H](CC2=O)C3(C)C)cc1. The van der Waals surface area contributed by atoms with Crippen molar-refractivity contribution in [1.82, 2.24) is 9.44 Å². The molecule has 2 bridgehead atoms. The van der Waals surface area contributed by atoms with Crippen molar-refractivity contribution >= 4 is 25.8 Å². The van der Waals surface area contributed by atoms with Crippen LogP contribution in [0.15, 0.2) is 29.2 Å². The van der Waals surface area contributed by atoms with Crippen molar-refractivity contribution < 1.29 is 21.6 Å². The molecule has 0 unspecified atom stereocenters. The third-order valence-electron chi connectivity index (χ3n) is 6.87. The molecule has 0 spiro atoms. The highest BCUT2D eigenvalue weighted by molar-refractivity contribution is 7.89. The quantitative estimate of drug-likeness (QED) is 0.568. The van der Waals surface area contributed by atoms with Crippen molar-refractivity contribution in [2.45, 2.75) is 51.3 Å². The van der Waals surface area contributed by atoms with Gasteiger partial charge in [0.15, 0.2) is 0 Å². The molecule has 7 nitrogen and oxygen atoms in total. The Labute approximate surface area is 173 Å². The Morgan fingerprint density at radius 1 is 1.03 bits per heavy atom. The highest BCUT2D eigenvalue weighted by atomic mass is 32.2. The summed E-state index contributed by atoms with van der Waals surface area (Å²) in [5.41, 5.74) is -0.130. The highest BCUT2D eigenvalue weighted by Crippen LogP contribution is 2.64. The average Bonchev–Trinajstić information content (AvgIpc) is 2.95. The predicted molar refractivity (Wildman–Crippen MR) is 111 cm³/mol. The first-order valence-electron chi connectivity index (χ1n) is 9.97. The number of aryl methyl sites for hydroxylation is 1. The number of nitrogens with one attached hydrogen (secondary N) is 2. The summed E-state index contributed by atoms with van der Waals surface area (Å²) in [6.45, 7) is 6.13. The maximum absolute atomic E-state index is 12.6. The van der Waals surface area contributed by atoms with Crippen LogP contribution in [0.3, 0.4) is 0 Å². The number of hydrogen-bond acceptors (Lipinski definition) is 5. The van der Waals surface area contributed by atoms with Crippen LogP contribution in [-0.4, -0.2) is 41.5 Å². The Morgan fingerprint density at radius 2 is 1.66 bits per heavy atom. The molecule has 0 heterocycles. The van der Waals surface area contributed by atoms with Crippen LogP contribution < -0.4 is 9.44 Å². The second-order valence-electron chi connectivity index (χ2n) is 8.88. The van der Waals surface area contributed by atoms with E-state index in [2.05, 4.69) is 9.44 Å². The van der Waals surface area contributed by atoms with Crippen molar-refractivity contribution in [3.63, 3.8) is 0 Å². The summed E-state index contributed by atoms with van der Waals surface area (Å²) in [7, 11) is -7.25. The zero-order valence-corrected chi connectivity index (χ0v) is 18.8. The first-order chi connectivity index (χ1) is 13.4. The van der Waals surface area contributed by atoms with Gasteiger partial charge in [-0.15, -0.1) is 0 Å². The van der Waals surface area contributed by atoms with E-state index >= 15 is 0 Å². The molecule has 0 saturated heterocycles. The van der Waals surface area contributed by atoms with E-state index in [0.29, 0.717) is 19.3 Å². The molecule has 2 saturated carbocycles. The topological polar surface area (TPSA) is 109 Å². The number of rotatable bonds is 9. The second kappa shape index (κ2) is 7.76. The summed E-state index contributed by atoms with van der Waals surface area (Å²) in [4.78, 5) is 12.7. The molecule has 2 aliphatic rings. The summed E-state index contributed by atoms with van der Waals surface area (Å²) in [5.74, 6) is 0.147. The van der Waals surface area contributed by atoms with Crippen LogP contribution in [-0.2, 0) is 24.8 Å². The van der Waals surface area contributed by atoms with E-state index in [1.54, 1.807) is 12.1 Å². The molecule has 29 heavy (non-hydrogen) atoms. The van der Waals surface area contributed by atoms with Crippen LogP contribution in [0.25, 0.3) is 0 Å². The Kier molecular flexibility index (Phi) is 5.99. The Hall–Kier alpha value is -1.29. The van der Waals surface area contributed by atoms with Gasteiger partial charge < -0.3 is 0 Å². The Morgan fingerprint density at radius 3 is 2.21 bits per heavy atom. The molecule has 0 amide bonds. The first-order valence-corrected chi connectivity index (χ1v) is 13.1. The molecule has 2 aliphatic carbocycles. The number of hydrogen-bond donors (Lipinski definition) is 2. The number of fused-ring (bicyclic) bond motifs is 2. The number of Topliss-reactive ketones (excluding diaryl/α,β-unsaturated/α-hetero) is 1. The molecule has 9 heteroatoms. The Balaban J connectivity index is 1.50. The zero-order valence-electron chi connectivity index (χ0n) is 17.2. The molecule has 2 N–H and O–H groups in total. The fraction of sp³-hybridized carbons (Fsp3) is 0.650. The summed E-state index contributed by atoms with van der Waals surface area (Å²) in [5, 5.41) is 0. The third-order valence-corrected chi connectivity index (χ3v) is 9.87. The average molecular weight is 443 g/mol. The van der Waals surface area contributed by atoms with E-state index in [0.717, 1.165) is 12.0 Å². The number of benzene rings is 1. The Bertz CT molecular complexity index is 984. The van der Waals surface area contributed by atoms with Gasteiger partial charge in [-0.2, -0.15) is 0 Å². The van der Waals surface area contributed by atoms with Gasteiger partial charge >= 0.3 is 0 Å². The van der Waals surface area contributed by atoms with Gasteiger partial charge in [0.2, 0.25) is 20.0 Å². The summed E-state index contributed by atoms with van der Waals surface area (Å²) in [6.07, 6.45) is 2.32. The van der Waals surface area contributed by atoms with E-state index < -0.39 is 25.5 Å². The van der Waals surface area contributed by atoms with Crippen LogP contribution in [0.1, 0.15) is 45.1 Å². The van der Waals surface area contributed by atoms with E-state index in [-0.39, 0.29) is 40.9 Å². The van der Waals surface area contributed by atoms with Crippen molar-refractivity contribution in [1.29, 1.82) is 0 Å². The molecule has 3 rings (SSSR count). The predicted octanol–water partition coefficient (Wildman–Crippen LogP) is 1.98. The zero-order chi connectivity index (χ0) is 21.5. The number of carbonyl (C=O) groups excluding carboxylic acids is 1. The molecular weight excluding hydrogens is 412 g/mol. The van der Waals surface area contributed by atoms with E-state index in [4.69, 9.17) is 0 Å². The largest absolute Gasteiger partial charge is 0.299 e. The van der Waals surface area contributed by atoms with Crippen molar-refractivity contribution in [3.8, 4) is 0 Å². The summed E-state index contributed by atoms with van der Waals surface area (Å²) in [6, 6.07) is 6.52. The van der Waals surface area contributed by atoms with Crippen LogP contribution in [0.2, 0.25) is 0 Å². The van der Waals surface area contributed by atoms with Crippen LogP contribution >= 0.6 is 0 Å². The van der Waals surface area contributed by atoms with Gasteiger partial charge in [-0.25, -0.2) is 26.3 Å². The van der Waals surface area contributed by atoms with Crippen LogP contribution in [0.4, 0.5) is 0 Å². The van der Waals surface area contributed by atoms with E-state index in [9.17, 15) is 21.6 Å². The van der Waals surface area contributed by atoms with Crippen LogP contribution in [0.5, 0.6) is 0 Å². The van der Waals surface area contributed by atoms with Crippen LogP contribution in [0, 0.1) is 23.7 Å². The van der Waals surface area contributed by atoms with Gasteiger partial charge in [-0.3, -0.25) is 4.79 Å². The first kappa shape index (κ1) is 22.4. The lowest BCUT2D eigenvalue weighted by atomic mass is 9.70. The maximum Gasteiger partial charge on any atom is 0.240 e. The van der Waals surface area contributed by atoms with E-state index in [1.165, 1.54) is 12.1 Å². The second-order valence-corrected chi connectivity index (χ2v) is 12.5. The molecule has 0 radical (unpaired) electrons. The molecule has 1 aromatic carbocycles. The minimum atomic E-state index is -3.63. The van der Waals surface area contributed by atoms with Gasteiger partial charge in [-0.05, 0) is 49.7 Å². The van der Waals surface area contributed by atoms with Crippen molar-refractivity contribution in [2.24, 2.45) is 16.7 Å². The number of ketones is 1. The van der Waals surface area contributed by atoms with Gasteiger partial charge in [0.25, 0.3) is 0 Å². The lowest BCUT2D eigenvalue weighted by Gasteiger charge is -2.36. The maximum atomic E-state index is 12.6. The lowest BCUT2D eigenvalue weighted by Crippen LogP contribution is -2.45. The fourth-order valence-electron chi connectivity index (χ4n) is 4.81. The fourth-order valence-corrected chi connectivity index (χ4v) is 7.76. The molecule has 162 valence electrons. The molecule has 2 atom stereocenters. The monoisotopic (exact) mass is 442 g/mol. The van der Waals surface area contributed by atoms with Gasteiger partial charge in [0.05, 0.1) is 10.6 Å². The van der Waals surface area contributed by atoms with Gasteiger partial charge in [0, 0.05) is 24.9 Å². The van der Waals surface area contributed by atoms with Crippen molar-refractivity contribution in [2.75, 3.05) is 18.8 Å². The molecular formula is C20H30N2O5S2. The minimum Gasteiger partial charge on any atom is -0.299 e. The number of carbonyl (C=O) groups is 1. The lowest BCUT2D eigenvalue weighted by molar-refractivity contribution is -0.128. The third kappa shape index (κ3) is 4.28. The smallest absolute Gasteiger partial charge is 0.240 e. The highest BCUT2D eigenvalue weighted by Gasteiger charge is 2.65.